The quantitative estimate of drug-likeness (QED) is 0.491. The summed E-state index contributed by atoms with van der Waals surface area (Å²) in [4.78, 5) is 35.7. The van der Waals surface area contributed by atoms with E-state index in [1.807, 2.05) is 6.07 Å². The van der Waals surface area contributed by atoms with E-state index in [4.69, 9.17) is 18.6 Å². The molecule has 4 aliphatic carbocycles. The number of ether oxygens (including phenoxy) is 3. The summed E-state index contributed by atoms with van der Waals surface area (Å²) in [7, 11) is 1.42. The van der Waals surface area contributed by atoms with Gasteiger partial charge in [-0.05, 0) is 79.7 Å². The van der Waals surface area contributed by atoms with Crippen LogP contribution in [0, 0.1) is 28.6 Å². The van der Waals surface area contributed by atoms with Gasteiger partial charge in [-0.15, -0.1) is 0 Å². The van der Waals surface area contributed by atoms with Crippen LogP contribution in [0.1, 0.15) is 77.2 Å². The second-order valence-corrected chi connectivity index (χ2v) is 12.3. The lowest BCUT2D eigenvalue weighted by Crippen LogP contribution is -2.59. The van der Waals surface area contributed by atoms with E-state index in [0.717, 1.165) is 50.5 Å². The average Bonchev–Trinajstić information content (AvgIpc) is 3.54. The van der Waals surface area contributed by atoms with Crippen LogP contribution in [-0.4, -0.2) is 43.0 Å². The molecule has 1 aromatic heterocycles. The number of hydrogen-bond acceptors (Lipinski definition) is 7. The Hall–Kier alpha value is -2.35. The predicted molar refractivity (Wildman–Crippen MR) is 129 cm³/mol. The first-order valence-corrected chi connectivity index (χ1v) is 13.4. The Bertz CT molecular complexity index is 1110. The maximum Gasteiger partial charge on any atom is 0.407 e. The van der Waals surface area contributed by atoms with Crippen molar-refractivity contribution in [3.8, 4) is 0 Å². The third kappa shape index (κ3) is 3.18. The molecule has 1 aliphatic heterocycles. The van der Waals surface area contributed by atoms with Crippen molar-refractivity contribution in [2.45, 2.75) is 95.5 Å². The van der Waals surface area contributed by atoms with E-state index in [1.165, 1.54) is 20.1 Å². The first-order chi connectivity index (χ1) is 17.1. The molecule has 5 fully saturated rings. The molecule has 10 atom stereocenters. The van der Waals surface area contributed by atoms with Gasteiger partial charge in [0.1, 0.15) is 17.8 Å². The highest BCUT2D eigenvalue weighted by molar-refractivity contribution is 5.67. The summed E-state index contributed by atoms with van der Waals surface area (Å²) in [6, 6.07) is 3.46. The molecule has 6 rings (SSSR count). The van der Waals surface area contributed by atoms with E-state index >= 15 is 0 Å². The van der Waals surface area contributed by atoms with Gasteiger partial charge in [0.05, 0.1) is 13.4 Å². The third-order valence-corrected chi connectivity index (χ3v) is 11.0. The van der Waals surface area contributed by atoms with Gasteiger partial charge in [0, 0.05) is 30.4 Å². The number of amides is 1. The average molecular weight is 500 g/mol. The fourth-order valence-electron chi connectivity index (χ4n) is 9.48. The Morgan fingerprint density at radius 3 is 2.58 bits per heavy atom. The number of fused-ring (bicyclic) bond motifs is 3. The molecule has 1 N–H and O–H groups in total. The fraction of sp³-hybridized carbons (Fsp3) is 0.750. The highest BCUT2D eigenvalue weighted by Gasteiger charge is 2.84. The second kappa shape index (κ2) is 8.07. The van der Waals surface area contributed by atoms with E-state index in [9.17, 15) is 14.4 Å². The van der Waals surface area contributed by atoms with E-state index in [2.05, 4.69) is 19.2 Å². The molecule has 5 aliphatic rings. The van der Waals surface area contributed by atoms with E-state index in [0.29, 0.717) is 17.8 Å². The van der Waals surface area contributed by atoms with Crippen LogP contribution in [0.5, 0.6) is 0 Å². The maximum absolute atomic E-state index is 12.2. The molecule has 2 heterocycles. The Balaban J connectivity index is 1.32. The fourth-order valence-corrected chi connectivity index (χ4v) is 9.48. The van der Waals surface area contributed by atoms with Crippen molar-refractivity contribution < 1.29 is 28.2 Å². The predicted octanol–water partition coefficient (Wildman–Crippen LogP) is 4.16. The molecule has 0 aromatic carbocycles. The molecule has 8 heteroatoms. The number of hydrogen-bond donors (Lipinski definition) is 1. The minimum atomic E-state index is -0.385. The summed E-state index contributed by atoms with van der Waals surface area (Å²) in [6.07, 6.45) is 7.96. The summed E-state index contributed by atoms with van der Waals surface area (Å²) >= 11 is 0. The van der Waals surface area contributed by atoms with Crippen molar-refractivity contribution in [2.75, 3.05) is 7.11 Å². The SMILES string of the molecule is COC(=O)N[C@H]1CC[C@@]2(C)[C@H](CC[C@@H]3[C@@H]2CC[C@]2(C)[C@@H](c4ccc(=O)oc4)[C@@H](OC(C)=O)[C@H]4O[C@]342)C1. The molecule has 1 spiro atoms. The largest absolute Gasteiger partial charge is 0.459 e. The summed E-state index contributed by atoms with van der Waals surface area (Å²) in [5, 5.41) is 3.04. The molecule has 0 bridgehead atoms. The molecular weight excluding hydrogens is 462 g/mol. The first kappa shape index (κ1) is 24.0. The zero-order chi connectivity index (χ0) is 25.5. The van der Waals surface area contributed by atoms with Crippen molar-refractivity contribution in [3.05, 3.63) is 34.4 Å². The van der Waals surface area contributed by atoms with Crippen LogP contribution in [0.2, 0.25) is 0 Å². The normalized spacial score (nSPS) is 46.4. The molecular formula is C28H37NO7. The van der Waals surface area contributed by atoms with Crippen LogP contribution in [0.3, 0.4) is 0 Å². The van der Waals surface area contributed by atoms with Gasteiger partial charge in [-0.25, -0.2) is 9.59 Å². The Kier molecular flexibility index (Phi) is 5.38. The monoisotopic (exact) mass is 499 g/mol. The second-order valence-electron chi connectivity index (χ2n) is 12.3. The number of rotatable bonds is 3. The summed E-state index contributed by atoms with van der Waals surface area (Å²) in [6.45, 7) is 6.22. The molecule has 196 valence electrons. The van der Waals surface area contributed by atoms with Gasteiger partial charge in [-0.1, -0.05) is 13.8 Å². The molecule has 4 saturated carbocycles. The minimum Gasteiger partial charge on any atom is -0.459 e. The van der Waals surface area contributed by atoms with E-state index < -0.39 is 0 Å². The number of alkyl carbamates (subject to hydrolysis) is 1. The van der Waals surface area contributed by atoms with Crippen LogP contribution in [0.4, 0.5) is 4.79 Å². The third-order valence-electron chi connectivity index (χ3n) is 11.0. The van der Waals surface area contributed by atoms with Crippen LogP contribution in [0.15, 0.2) is 27.6 Å². The van der Waals surface area contributed by atoms with Crippen molar-refractivity contribution >= 4 is 12.1 Å². The van der Waals surface area contributed by atoms with Gasteiger partial charge in [-0.3, -0.25) is 4.79 Å². The number of esters is 1. The van der Waals surface area contributed by atoms with Crippen LogP contribution >= 0.6 is 0 Å². The van der Waals surface area contributed by atoms with Crippen LogP contribution in [0.25, 0.3) is 0 Å². The molecule has 36 heavy (non-hydrogen) atoms. The summed E-state index contributed by atoms with van der Waals surface area (Å²) in [5.74, 6) is 1.10. The van der Waals surface area contributed by atoms with Crippen molar-refractivity contribution in [1.29, 1.82) is 0 Å². The lowest BCUT2D eigenvalue weighted by molar-refractivity contribution is -0.156. The zero-order valence-corrected chi connectivity index (χ0v) is 21.6. The van der Waals surface area contributed by atoms with Crippen molar-refractivity contribution in [1.82, 2.24) is 5.32 Å². The standard InChI is InChI=1S/C28H37NO7/c1-15(30)35-23-22(16-5-8-21(31)34-14-16)27(3)12-10-19-20(28(27)24(23)36-28)7-6-17-13-18(29-25(32)33-4)9-11-26(17,19)2/h5,8,14,17-20,22-24H,6-7,9-13H2,1-4H3,(H,29,32)/t17-,18+,19+,20-,22+,23-,24-,26+,27-,28-/m1/s1. The molecule has 1 aromatic rings. The lowest BCUT2D eigenvalue weighted by Gasteiger charge is -2.61. The van der Waals surface area contributed by atoms with Gasteiger partial charge in [0.15, 0.2) is 0 Å². The van der Waals surface area contributed by atoms with Gasteiger partial charge in [-0.2, -0.15) is 0 Å². The highest BCUT2D eigenvalue weighted by Crippen LogP contribution is 2.78. The zero-order valence-electron chi connectivity index (χ0n) is 21.6. The molecule has 1 saturated heterocycles. The highest BCUT2D eigenvalue weighted by atomic mass is 16.7. The van der Waals surface area contributed by atoms with E-state index in [1.54, 1.807) is 6.26 Å². The van der Waals surface area contributed by atoms with Gasteiger partial charge < -0.3 is 23.9 Å². The number of nitrogens with one attached hydrogen (secondary N) is 1. The minimum absolute atomic E-state index is 0.0732. The first-order valence-electron chi connectivity index (χ1n) is 13.4. The summed E-state index contributed by atoms with van der Waals surface area (Å²) in [5.41, 5.74) is 0.177. The van der Waals surface area contributed by atoms with Crippen molar-refractivity contribution in [2.24, 2.45) is 28.6 Å². The van der Waals surface area contributed by atoms with E-state index in [-0.39, 0.29) is 58.3 Å². The number of methoxy groups -OCH3 is 1. The van der Waals surface area contributed by atoms with Crippen molar-refractivity contribution in [3.63, 3.8) is 0 Å². The van der Waals surface area contributed by atoms with Gasteiger partial charge >= 0.3 is 17.7 Å². The molecule has 0 unspecified atom stereocenters. The Morgan fingerprint density at radius 1 is 1.08 bits per heavy atom. The Morgan fingerprint density at radius 2 is 1.89 bits per heavy atom. The molecule has 0 radical (unpaired) electrons. The lowest BCUT2D eigenvalue weighted by atomic mass is 9.44. The smallest absolute Gasteiger partial charge is 0.407 e. The molecule has 1 amide bonds. The van der Waals surface area contributed by atoms with Crippen LogP contribution < -0.4 is 10.9 Å². The summed E-state index contributed by atoms with van der Waals surface area (Å²) < 4.78 is 22.7. The maximum atomic E-state index is 12.2. The topological polar surface area (TPSA) is 107 Å². The number of carbonyl (C=O) groups is 2. The van der Waals surface area contributed by atoms with Gasteiger partial charge in [0.25, 0.3) is 0 Å². The van der Waals surface area contributed by atoms with Gasteiger partial charge in [0.2, 0.25) is 0 Å². The molecule has 8 nitrogen and oxygen atoms in total. The Labute approximate surface area is 211 Å². The number of epoxide rings is 1. The van der Waals surface area contributed by atoms with Crippen LogP contribution in [-0.2, 0) is 19.0 Å². The number of carbonyl (C=O) groups excluding carboxylic acids is 2.